The molecular formula is C15H12ClN3O2S. The molecule has 1 aromatic heterocycles. The van der Waals surface area contributed by atoms with Crippen LogP contribution in [0.25, 0.3) is 0 Å². The third kappa shape index (κ3) is 3.58. The van der Waals surface area contributed by atoms with Gasteiger partial charge in [-0.15, -0.1) is 5.10 Å². The molecule has 7 heteroatoms. The second kappa shape index (κ2) is 6.81. The highest BCUT2D eigenvalue weighted by Gasteiger charge is 2.30. The van der Waals surface area contributed by atoms with Crippen molar-refractivity contribution in [3.05, 3.63) is 59.0 Å². The third-order valence-electron chi connectivity index (χ3n) is 3.02. The first-order valence-electron chi connectivity index (χ1n) is 6.58. The summed E-state index contributed by atoms with van der Waals surface area (Å²) in [6.07, 6.45) is 3.60. The van der Waals surface area contributed by atoms with E-state index in [1.165, 1.54) is 18.0 Å². The topological polar surface area (TPSA) is 67.0 Å². The SMILES string of the molecule is O=C1NC(=NN=Cc2ccco2)SC1Cc1ccccc1Cl. The molecule has 0 saturated carbocycles. The molecule has 0 aliphatic carbocycles. The van der Waals surface area contributed by atoms with Crippen molar-refractivity contribution in [2.24, 2.45) is 10.2 Å². The van der Waals surface area contributed by atoms with Crippen molar-refractivity contribution < 1.29 is 9.21 Å². The van der Waals surface area contributed by atoms with Gasteiger partial charge in [-0.1, -0.05) is 41.6 Å². The highest BCUT2D eigenvalue weighted by atomic mass is 35.5. The minimum atomic E-state index is -0.252. The molecule has 0 bridgehead atoms. The number of hydrogen-bond acceptors (Lipinski definition) is 5. The maximum absolute atomic E-state index is 12.0. The number of hydrogen-bond donors (Lipinski definition) is 1. The fraction of sp³-hybridized carbons (Fsp3) is 0.133. The van der Waals surface area contributed by atoms with Gasteiger partial charge < -0.3 is 9.73 Å². The van der Waals surface area contributed by atoms with Crippen LogP contribution in [0, 0.1) is 0 Å². The second-order valence-corrected chi connectivity index (χ2v) is 6.16. The Morgan fingerprint density at radius 2 is 2.18 bits per heavy atom. The van der Waals surface area contributed by atoms with E-state index >= 15 is 0 Å². The maximum Gasteiger partial charge on any atom is 0.239 e. The molecule has 22 heavy (non-hydrogen) atoms. The number of furan rings is 1. The Balaban J connectivity index is 1.64. The molecule has 1 amide bonds. The van der Waals surface area contributed by atoms with Gasteiger partial charge in [-0.25, -0.2) is 0 Å². The molecule has 5 nitrogen and oxygen atoms in total. The van der Waals surface area contributed by atoms with Crippen LogP contribution < -0.4 is 5.32 Å². The first-order valence-corrected chi connectivity index (χ1v) is 7.83. The van der Waals surface area contributed by atoms with E-state index in [0.717, 1.165) is 5.56 Å². The smallest absolute Gasteiger partial charge is 0.239 e. The summed E-state index contributed by atoms with van der Waals surface area (Å²) in [4.78, 5) is 12.0. The van der Waals surface area contributed by atoms with Crippen LogP contribution in [0.15, 0.2) is 57.3 Å². The Kier molecular flexibility index (Phi) is 4.60. The second-order valence-electron chi connectivity index (χ2n) is 4.56. The molecule has 0 radical (unpaired) electrons. The van der Waals surface area contributed by atoms with Crippen LogP contribution in [0.5, 0.6) is 0 Å². The molecule has 3 rings (SSSR count). The summed E-state index contributed by atoms with van der Waals surface area (Å²) in [6, 6.07) is 11.0. The standard InChI is InChI=1S/C15H12ClN3O2S/c16-12-6-2-1-4-10(12)8-13-14(20)18-15(22-13)19-17-9-11-5-3-7-21-11/h1-7,9,13H,8H2,(H,18,19,20). The molecule has 2 heterocycles. The highest BCUT2D eigenvalue weighted by Crippen LogP contribution is 2.26. The van der Waals surface area contributed by atoms with Gasteiger partial charge in [0.05, 0.1) is 17.7 Å². The number of rotatable bonds is 4. The zero-order chi connectivity index (χ0) is 15.4. The number of carbonyl (C=O) groups excluding carboxylic acids is 1. The van der Waals surface area contributed by atoms with E-state index in [9.17, 15) is 4.79 Å². The van der Waals surface area contributed by atoms with E-state index in [2.05, 4.69) is 15.5 Å². The van der Waals surface area contributed by atoms with Crippen LogP contribution in [-0.4, -0.2) is 22.5 Å². The first-order chi connectivity index (χ1) is 10.7. The van der Waals surface area contributed by atoms with Gasteiger partial charge in [-0.2, -0.15) is 5.10 Å². The van der Waals surface area contributed by atoms with Crippen molar-refractivity contribution in [3.8, 4) is 0 Å². The lowest BCUT2D eigenvalue weighted by Crippen LogP contribution is -2.26. The molecule has 1 aliphatic rings. The number of benzene rings is 1. The van der Waals surface area contributed by atoms with E-state index in [-0.39, 0.29) is 11.2 Å². The molecule has 1 aliphatic heterocycles. The average Bonchev–Trinajstić information content (AvgIpc) is 3.12. The van der Waals surface area contributed by atoms with Gasteiger partial charge in [0.25, 0.3) is 0 Å². The van der Waals surface area contributed by atoms with Crippen molar-refractivity contribution in [3.63, 3.8) is 0 Å². The number of halogens is 1. The summed E-state index contributed by atoms with van der Waals surface area (Å²) < 4.78 is 5.11. The fourth-order valence-corrected chi connectivity index (χ4v) is 3.12. The minimum Gasteiger partial charge on any atom is -0.463 e. The number of nitrogens with one attached hydrogen (secondary N) is 1. The Morgan fingerprint density at radius 3 is 2.95 bits per heavy atom. The zero-order valence-electron chi connectivity index (χ0n) is 11.4. The molecule has 0 spiro atoms. The van der Waals surface area contributed by atoms with Crippen LogP contribution in [0.2, 0.25) is 5.02 Å². The van der Waals surface area contributed by atoms with E-state index in [0.29, 0.717) is 22.4 Å². The van der Waals surface area contributed by atoms with E-state index in [1.54, 1.807) is 18.4 Å². The van der Waals surface area contributed by atoms with Gasteiger partial charge in [0.15, 0.2) is 5.17 Å². The summed E-state index contributed by atoms with van der Waals surface area (Å²) in [5, 5.41) is 11.5. The Morgan fingerprint density at radius 1 is 1.32 bits per heavy atom. The van der Waals surface area contributed by atoms with E-state index in [4.69, 9.17) is 16.0 Å². The van der Waals surface area contributed by atoms with Crippen molar-refractivity contribution in [2.75, 3.05) is 0 Å². The van der Waals surface area contributed by atoms with Gasteiger partial charge in [0.2, 0.25) is 5.91 Å². The number of carbonyl (C=O) groups is 1. The van der Waals surface area contributed by atoms with Crippen LogP contribution in [0.3, 0.4) is 0 Å². The van der Waals surface area contributed by atoms with Gasteiger partial charge >= 0.3 is 0 Å². The number of nitrogens with zero attached hydrogens (tertiary/aromatic N) is 2. The van der Waals surface area contributed by atoms with E-state index in [1.807, 2.05) is 24.3 Å². The Labute approximate surface area is 136 Å². The summed E-state index contributed by atoms with van der Waals surface area (Å²) in [5.41, 5.74) is 0.942. The van der Waals surface area contributed by atoms with Crippen LogP contribution in [-0.2, 0) is 11.2 Å². The number of amides is 1. The lowest BCUT2D eigenvalue weighted by molar-refractivity contribution is -0.118. The van der Waals surface area contributed by atoms with Crippen molar-refractivity contribution in [1.29, 1.82) is 0 Å². The Hall–Kier alpha value is -2.05. The summed E-state index contributed by atoms with van der Waals surface area (Å²) >= 11 is 7.47. The molecule has 1 atom stereocenters. The molecular weight excluding hydrogens is 322 g/mol. The van der Waals surface area contributed by atoms with Gasteiger partial charge in [-0.3, -0.25) is 4.79 Å². The summed E-state index contributed by atoms with van der Waals surface area (Å²) in [6.45, 7) is 0. The van der Waals surface area contributed by atoms with Crippen LogP contribution >= 0.6 is 23.4 Å². The van der Waals surface area contributed by atoms with Crippen molar-refractivity contribution in [1.82, 2.24) is 5.32 Å². The fourth-order valence-electron chi connectivity index (χ4n) is 1.95. The average molecular weight is 334 g/mol. The molecule has 1 unspecified atom stereocenters. The summed E-state index contributed by atoms with van der Waals surface area (Å²) in [5.74, 6) is 0.517. The quantitative estimate of drug-likeness (QED) is 0.690. The molecule has 1 aromatic carbocycles. The minimum absolute atomic E-state index is 0.0862. The van der Waals surface area contributed by atoms with Crippen LogP contribution in [0.4, 0.5) is 0 Å². The third-order valence-corrected chi connectivity index (χ3v) is 4.46. The zero-order valence-corrected chi connectivity index (χ0v) is 13.0. The van der Waals surface area contributed by atoms with Gasteiger partial charge in [0, 0.05) is 5.02 Å². The molecule has 112 valence electrons. The predicted molar refractivity (Wildman–Crippen MR) is 88.4 cm³/mol. The number of thioether (sulfide) groups is 1. The molecule has 1 fully saturated rings. The molecule has 1 saturated heterocycles. The molecule has 2 aromatic rings. The lowest BCUT2D eigenvalue weighted by Gasteiger charge is -2.06. The normalized spacial score (nSPS) is 20.0. The van der Waals surface area contributed by atoms with Crippen LogP contribution in [0.1, 0.15) is 11.3 Å². The lowest BCUT2D eigenvalue weighted by atomic mass is 10.1. The van der Waals surface area contributed by atoms with E-state index < -0.39 is 0 Å². The first kappa shape index (κ1) is 14.9. The van der Waals surface area contributed by atoms with Crippen molar-refractivity contribution in [2.45, 2.75) is 11.7 Å². The monoisotopic (exact) mass is 333 g/mol. The highest BCUT2D eigenvalue weighted by molar-refractivity contribution is 8.15. The van der Waals surface area contributed by atoms with Gasteiger partial charge in [-0.05, 0) is 30.2 Å². The Bertz CT molecular complexity index is 728. The van der Waals surface area contributed by atoms with Gasteiger partial charge in [0.1, 0.15) is 5.76 Å². The largest absolute Gasteiger partial charge is 0.463 e. The van der Waals surface area contributed by atoms with Crippen molar-refractivity contribution >= 4 is 40.7 Å². The number of amidine groups is 1. The summed E-state index contributed by atoms with van der Waals surface area (Å²) in [7, 11) is 0. The predicted octanol–water partition coefficient (Wildman–Crippen LogP) is 3.10. The maximum atomic E-state index is 12.0. The molecule has 1 N–H and O–H groups in total.